The summed E-state index contributed by atoms with van der Waals surface area (Å²) in [7, 11) is 0. The van der Waals surface area contributed by atoms with E-state index in [0.717, 1.165) is 12.8 Å². The van der Waals surface area contributed by atoms with E-state index in [1.165, 1.54) is 0 Å². The van der Waals surface area contributed by atoms with E-state index >= 15 is 0 Å². The van der Waals surface area contributed by atoms with Crippen LogP contribution in [0.15, 0.2) is 0 Å². The molecule has 0 spiro atoms. The zero-order chi connectivity index (χ0) is 13.6. The molecule has 3 nitrogen and oxygen atoms in total. The highest BCUT2D eigenvalue weighted by Crippen LogP contribution is 2.39. The van der Waals surface area contributed by atoms with E-state index in [1.807, 2.05) is 0 Å². The Morgan fingerprint density at radius 1 is 1.17 bits per heavy atom. The minimum Gasteiger partial charge on any atom is -0.356 e. The summed E-state index contributed by atoms with van der Waals surface area (Å²) in [5.41, 5.74) is 5.32. The monoisotopic (exact) mass is 266 g/mol. The third kappa shape index (κ3) is 4.84. The van der Waals surface area contributed by atoms with Crippen LogP contribution in [0.5, 0.6) is 0 Å². The molecule has 0 atom stereocenters. The molecule has 0 saturated heterocycles. The number of hydrogen-bond acceptors (Lipinski definition) is 2. The maximum Gasteiger partial charge on any atom is 0.391 e. The van der Waals surface area contributed by atoms with E-state index in [9.17, 15) is 18.0 Å². The van der Waals surface area contributed by atoms with Gasteiger partial charge in [-0.2, -0.15) is 13.2 Å². The lowest BCUT2D eigenvalue weighted by Gasteiger charge is -2.29. The summed E-state index contributed by atoms with van der Waals surface area (Å²) in [6.07, 6.45) is -1.61. The van der Waals surface area contributed by atoms with E-state index in [2.05, 4.69) is 5.32 Å². The molecule has 1 saturated carbocycles. The van der Waals surface area contributed by atoms with Crippen molar-refractivity contribution in [2.75, 3.05) is 13.1 Å². The van der Waals surface area contributed by atoms with Crippen molar-refractivity contribution in [3.05, 3.63) is 0 Å². The Morgan fingerprint density at radius 3 is 2.28 bits per heavy atom. The van der Waals surface area contributed by atoms with Crippen LogP contribution in [0.4, 0.5) is 13.2 Å². The standard InChI is InChI=1S/C12H21F3N2O/c13-12(14,15)10-5-3-9(4-6-10)11(18)17-8-2-1-7-16/h9-10H,1-8,16H2,(H,17,18). The Bertz CT molecular complexity index is 261. The molecule has 106 valence electrons. The van der Waals surface area contributed by atoms with E-state index in [-0.39, 0.29) is 24.7 Å². The summed E-state index contributed by atoms with van der Waals surface area (Å²) in [4.78, 5) is 11.7. The fraction of sp³-hybridized carbons (Fsp3) is 0.917. The first-order valence-electron chi connectivity index (χ1n) is 6.49. The van der Waals surface area contributed by atoms with Crippen LogP contribution >= 0.6 is 0 Å². The third-order valence-electron chi connectivity index (χ3n) is 3.49. The largest absolute Gasteiger partial charge is 0.391 e. The number of halogens is 3. The van der Waals surface area contributed by atoms with Crippen LogP contribution in [-0.4, -0.2) is 25.2 Å². The normalized spacial score (nSPS) is 24.9. The van der Waals surface area contributed by atoms with Gasteiger partial charge in [-0.3, -0.25) is 4.79 Å². The Kier molecular flexibility index (Phi) is 5.91. The average molecular weight is 266 g/mol. The van der Waals surface area contributed by atoms with E-state index in [4.69, 9.17) is 5.73 Å². The van der Waals surface area contributed by atoms with Gasteiger partial charge >= 0.3 is 6.18 Å². The molecule has 1 aliphatic carbocycles. The summed E-state index contributed by atoms with van der Waals surface area (Å²) < 4.78 is 37.3. The molecule has 0 aromatic carbocycles. The lowest BCUT2D eigenvalue weighted by atomic mass is 9.81. The second-order valence-electron chi connectivity index (χ2n) is 4.88. The number of alkyl halides is 3. The van der Waals surface area contributed by atoms with Crippen LogP contribution in [0.2, 0.25) is 0 Å². The van der Waals surface area contributed by atoms with Crippen molar-refractivity contribution in [2.45, 2.75) is 44.7 Å². The molecule has 1 amide bonds. The molecule has 0 aliphatic heterocycles. The van der Waals surface area contributed by atoms with Crippen LogP contribution in [0.3, 0.4) is 0 Å². The molecule has 6 heteroatoms. The number of nitrogens with two attached hydrogens (primary N) is 1. The highest BCUT2D eigenvalue weighted by atomic mass is 19.4. The second-order valence-corrected chi connectivity index (χ2v) is 4.88. The zero-order valence-corrected chi connectivity index (χ0v) is 10.4. The van der Waals surface area contributed by atoms with Gasteiger partial charge in [0.25, 0.3) is 0 Å². The second kappa shape index (κ2) is 6.97. The van der Waals surface area contributed by atoms with Gasteiger partial charge < -0.3 is 11.1 Å². The molecule has 0 aromatic heterocycles. The van der Waals surface area contributed by atoms with Crippen LogP contribution in [0.1, 0.15) is 38.5 Å². The number of unbranched alkanes of at least 4 members (excludes halogenated alkanes) is 1. The number of rotatable bonds is 5. The van der Waals surface area contributed by atoms with Crippen molar-refractivity contribution in [2.24, 2.45) is 17.6 Å². The van der Waals surface area contributed by atoms with E-state index < -0.39 is 12.1 Å². The van der Waals surface area contributed by atoms with Crippen molar-refractivity contribution in [1.82, 2.24) is 5.32 Å². The quantitative estimate of drug-likeness (QED) is 0.750. The van der Waals surface area contributed by atoms with Gasteiger partial charge in [0.1, 0.15) is 0 Å². The van der Waals surface area contributed by atoms with Crippen LogP contribution in [-0.2, 0) is 4.79 Å². The molecule has 0 heterocycles. The first kappa shape index (κ1) is 15.3. The predicted molar refractivity (Wildman–Crippen MR) is 62.8 cm³/mol. The molecule has 0 bridgehead atoms. The SMILES string of the molecule is NCCCCNC(=O)C1CCC(C(F)(F)F)CC1. The molecule has 0 aromatic rings. The van der Waals surface area contributed by atoms with Crippen LogP contribution in [0, 0.1) is 11.8 Å². The molecule has 0 unspecified atom stereocenters. The van der Waals surface area contributed by atoms with Crippen molar-refractivity contribution < 1.29 is 18.0 Å². The topological polar surface area (TPSA) is 55.1 Å². The Hall–Kier alpha value is -0.780. The van der Waals surface area contributed by atoms with Gasteiger partial charge in [0, 0.05) is 12.5 Å². The van der Waals surface area contributed by atoms with Crippen molar-refractivity contribution >= 4 is 5.91 Å². The van der Waals surface area contributed by atoms with Gasteiger partial charge in [0.2, 0.25) is 5.91 Å². The van der Waals surface area contributed by atoms with Crippen LogP contribution in [0.25, 0.3) is 0 Å². The average Bonchev–Trinajstić information content (AvgIpc) is 2.33. The first-order valence-corrected chi connectivity index (χ1v) is 6.49. The first-order chi connectivity index (χ1) is 8.45. The van der Waals surface area contributed by atoms with Gasteiger partial charge in [-0.15, -0.1) is 0 Å². The maximum absolute atomic E-state index is 12.4. The maximum atomic E-state index is 12.4. The summed E-state index contributed by atoms with van der Waals surface area (Å²) >= 11 is 0. The third-order valence-corrected chi connectivity index (χ3v) is 3.49. The van der Waals surface area contributed by atoms with Crippen molar-refractivity contribution in [3.63, 3.8) is 0 Å². The fourth-order valence-electron chi connectivity index (χ4n) is 2.31. The van der Waals surface area contributed by atoms with Crippen LogP contribution < -0.4 is 11.1 Å². The van der Waals surface area contributed by atoms with Gasteiger partial charge in [0.15, 0.2) is 0 Å². The molecule has 0 radical (unpaired) electrons. The summed E-state index contributed by atoms with van der Waals surface area (Å²) in [6, 6.07) is 0. The molecule has 18 heavy (non-hydrogen) atoms. The van der Waals surface area contributed by atoms with Gasteiger partial charge in [0.05, 0.1) is 5.92 Å². The van der Waals surface area contributed by atoms with Crippen molar-refractivity contribution in [1.29, 1.82) is 0 Å². The zero-order valence-electron chi connectivity index (χ0n) is 10.4. The highest BCUT2D eigenvalue weighted by molar-refractivity contribution is 5.78. The minimum atomic E-state index is -4.11. The molecule has 1 fully saturated rings. The fourth-order valence-corrected chi connectivity index (χ4v) is 2.31. The predicted octanol–water partition coefficient (Wildman–Crippen LogP) is 2.21. The van der Waals surface area contributed by atoms with Gasteiger partial charge in [-0.05, 0) is 45.1 Å². The summed E-state index contributed by atoms with van der Waals surface area (Å²) in [6.45, 7) is 1.15. The summed E-state index contributed by atoms with van der Waals surface area (Å²) in [5, 5.41) is 2.77. The minimum absolute atomic E-state index is 0.0738. The highest BCUT2D eigenvalue weighted by Gasteiger charge is 2.42. The Labute approximate surface area is 105 Å². The van der Waals surface area contributed by atoms with Gasteiger partial charge in [-0.25, -0.2) is 0 Å². The lowest BCUT2D eigenvalue weighted by Crippen LogP contribution is -2.36. The van der Waals surface area contributed by atoms with Gasteiger partial charge in [-0.1, -0.05) is 0 Å². The molecular formula is C12H21F3N2O. The Balaban J connectivity index is 2.23. The van der Waals surface area contributed by atoms with E-state index in [0.29, 0.717) is 25.9 Å². The number of nitrogens with one attached hydrogen (secondary N) is 1. The number of carbonyl (C=O) groups excluding carboxylic acids is 1. The summed E-state index contributed by atoms with van der Waals surface area (Å²) in [5.74, 6) is -1.58. The molecule has 3 N–H and O–H groups in total. The molecule has 1 aliphatic rings. The number of carbonyl (C=O) groups is 1. The Morgan fingerprint density at radius 2 is 1.78 bits per heavy atom. The van der Waals surface area contributed by atoms with E-state index in [1.54, 1.807) is 0 Å². The molecule has 1 rings (SSSR count). The molecular weight excluding hydrogens is 245 g/mol. The lowest BCUT2D eigenvalue weighted by molar-refractivity contribution is -0.184. The van der Waals surface area contributed by atoms with Crippen molar-refractivity contribution in [3.8, 4) is 0 Å². The number of amides is 1. The number of hydrogen-bond donors (Lipinski definition) is 2. The smallest absolute Gasteiger partial charge is 0.356 e.